The molecule has 0 saturated heterocycles. The van der Waals surface area contributed by atoms with E-state index in [1.807, 2.05) is 13.8 Å². The van der Waals surface area contributed by atoms with Crippen molar-refractivity contribution in [3.05, 3.63) is 40.0 Å². The van der Waals surface area contributed by atoms with Crippen LogP contribution in [0.25, 0.3) is 10.9 Å². The number of anilines is 2. The van der Waals surface area contributed by atoms with Crippen LogP contribution in [0.2, 0.25) is 0 Å². The second-order valence-corrected chi connectivity index (χ2v) is 5.31. The molecule has 20 heavy (non-hydrogen) atoms. The quantitative estimate of drug-likeness (QED) is 0.750. The van der Waals surface area contributed by atoms with Gasteiger partial charge in [-0.25, -0.2) is 14.4 Å². The molecule has 0 unspecified atom stereocenters. The Kier molecular flexibility index (Phi) is 3.13. The largest absolute Gasteiger partial charge is 0.323 e. The highest BCUT2D eigenvalue weighted by Crippen LogP contribution is 2.28. The van der Waals surface area contributed by atoms with Crippen molar-refractivity contribution in [3.8, 4) is 0 Å². The summed E-state index contributed by atoms with van der Waals surface area (Å²) in [6.45, 7) is 3.90. The maximum absolute atomic E-state index is 13.5. The number of aryl methyl sites for hydroxylation is 1. The normalized spacial score (nSPS) is 11.0. The zero-order valence-electron chi connectivity index (χ0n) is 10.8. The standard InChI is InChI=1S/C13H11BrFN5/c1-6-7(2)19-20-12(6)18-13-8-3-9(14)10(15)4-11(8)16-5-17-13/h3-5H,1-2H3,(H2,16,17,18,19,20). The third-order valence-electron chi connectivity index (χ3n) is 3.17. The van der Waals surface area contributed by atoms with Crippen LogP contribution in [0.1, 0.15) is 11.3 Å². The van der Waals surface area contributed by atoms with Gasteiger partial charge in [-0.05, 0) is 35.8 Å². The van der Waals surface area contributed by atoms with Crippen LogP contribution in [-0.2, 0) is 0 Å². The number of hydrogen-bond acceptors (Lipinski definition) is 4. The van der Waals surface area contributed by atoms with Crippen molar-refractivity contribution in [2.24, 2.45) is 0 Å². The minimum absolute atomic E-state index is 0.353. The van der Waals surface area contributed by atoms with Gasteiger partial charge in [0.15, 0.2) is 5.82 Å². The maximum Gasteiger partial charge on any atom is 0.156 e. The van der Waals surface area contributed by atoms with Gasteiger partial charge in [0.25, 0.3) is 0 Å². The lowest BCUT2D eigenvalue weighted by molar-refractivity contribution is 0.623. The molecule has 0 saturated carbocycles. The fourth-order valence-corrected chi connectivity index (χ4v) is 2.21. The molecule has 1 aromatic carbocycles. The topological polar surface area (TPSA) is 66.5 Å². The van der Waals surface area contributed by atoms with E-state index in [0.717, 1.165) is 16.6 Å². The second-order valence-electron chi connectivity index (χ2n) is 4.45. The maximum atomic E-state index is 13.5. The first-order valence-electron chi connectivity index (χ1n) is 5.94. The van der Waals surface area contributed by atoms with E-state index in [2.05, 4.69) is 41.4 Å². The van der Waals surface area contributed by atoms with Gasteiger partial charge < -0.3 is 5.32 Å². The number of aromatic nitrogens is 4. The van der Waals surface area contributed by atoms with Crippen molar-refractivity contribution in [2.75, 3.05) is 5.32 Å². The molecular weight excluding hydrogens is 325 g/mol. The zero-order valence-corrected chi connectivity index (χ0v) is 12.4. The molecule has 0 amide bonds. The number of benzene rings is 1. The van der Waals surface area contributed by atoms with Gasteiger partial charge in [0.05, 0.1) is 9.99 Å². The van der Waals surface area contributed by atoms with Gasteiger partial charge in [-0.15, -0.1) is 0 Å². The van der Waals surface area contributed by atoms with Crippen LogP contribution in [0.3, 0.4) is 0 Å². The van der Waals surface area contributed by atoms with Gasteiger partial charge in [0, 0.05) is 22.7 Å². The first-order chi connectivity index (χ1) is 9.56. The summed E-state index contributed by atoms with van der Waals surface area (Å²) in [7, 11) is 0. The van der Waals surface area contributed by atoms with Crippen LogP contribution < -0.4 is 5.32 Å². The van der Waals surface area contributed by atoms with Crippen LogP contribution >= 0.6 is 15.9 Å². The van der Waals surface area contributed by atoms with E-state index >= 15 is 0 Å². The van der Waals surface area contributed by atoms with E-state index in [1.165, 1.54) is 12.4 Å². The average molecular weight is 336 g/mol. The number of hydrogen-bond donors (Lipinski definition) is 2. The minimum Gasteiger partial charge on any atom is -0.323 e. The molecule has 0 fully saturated rings. The van der Waals surface area contributed by atoms with Crippen molar-refractivity contribution in [3.63, 3.8) is 0 Å². The third kappa shape index (κ3) is 2.14. The number of H-pyrrole nitrogens is 1. The molecule has 3 aromatic rings. The van der Waals surface area contributed by atoms with Crippen LogP contribution in [0, 0.1) is 19.7 Å². The summed E-state index contributed by atoms with van der Waals surface area (Å²) >= 11 is 3.17. The SMILES string of the molecule is Cc1[nH]nc(Nc2ncnc3cc(F)c(Br)cc23)c1C. The fraction of sp³-hybridized carbons (Fsp3) is 0.154. The highest BCUT2D eigenvalue weighted by Gasteiger charge is 2.11. The third-order valence-corrected chi connectivity index (χ3v) is 3.78. The number of nitrogens with zero attached hydrogens (tertiary/aromatic N) is 3. The summed E-state index contributed by atoms with van der Waals surface area (Å²) in [5.41, 5.74) is 2.53. The monoisotopic (exact) mass is 335 g/mol. The van der Waals surface area contributed by atoms with E-state index in [9.17, 15) is 4.39 Å². The Balaban J connectivity index is 2.12. The van der Waals surface area contributed by atoms with Crippen molar-refractivity contribution in [1.29, 1.82) is 0 Å². The number of halogens is 2. The van der Waals surface area contributed by atoms with Crippen LogP contribution in [0.5, 0.6) is 0 Å². The highest BCUT2D eigenvalue weighted by atomic mass is 79.9. The Morgan fingerprint density at radius 2 is 2.00 bits per heavy atom. The molecule has 0 bridgehead atoms. The lowest BCUT2D eigenvalue weighted by Crippen LogP contribution is -1.98. The molecule has 0 spiro atoms. The molecule has 0 radical (unpaired) electrons. The first kappa shape index (κ1) is 13.0. The van der Waals surface area contributed by atoms with Crippen LogP contribution in [0.4, 0.5) is 16.0 Å². The van der Waals surface area contributed by atoms with Crippen LogP contribution in [0.15, 0.2) is 22.9 Å². The van der Waals surface area contributed by atoms with Gasteiger partial charge in [0.2, 0.25) is 0 Å². The molecule has 0 aliphatic carbocycles. The lowest BCUT2D eigenvalue weighted by Gasteiger charge is -2.07. The molecule has 2 N–H and O–H groups in total. The minimum atomic E-state index is -0.353. The predicted octanol–water partition coefficient (Wildman–Crippen LogP) is 3.61. The molecule has 2 heterocycles. The fourth-order valence-electron chi connectivity index (χ4n) is 1.87. The Hall–Kier alpha value is -2.02. The van der Waals surface area contributed by atoms with Gasteiger partial charge in [-0.3, -0.25) is 5.10 Å². The van der Waals surface area contributed by atoms with Crippen molar-refractivity contribution >= 4 is 38.5 Å². The summed E-state index contributed by atoms with van der Waals surface area (Å²) in [5, 5.41) is 10.9. The van der Waals surface area contributed by atoms with Crippen molar-refractivity contribution in [2.45, 2.75) is 13.8 Å². The van der Waals surface area contributed by atoms with Gasteiger partial charge in [-0.1, -0.05) is 0 Å². The molecule has 0 aliphatic rings. The molecule has 0 aliphatic heterocycles. The summed E-state index contributed by atoms with van der Waals surface area (Å²) in [6.07, 6.45) is 1.40. The van der Waals surface area contributed by atoms with E-state index < -0.39 is 0 Å². The molecule has 7 heteroatoms. The Bertz CT molecular complexity index is 799. The van der Waals surface area contributed by atoms with E-state index in [4.69, 9.17) is 0 Å². The Labute approximate surface area is 122 Å². The number of aromatic amines is 1. The Morgan fingerprint density at radius 1 is 1.20 bits per heavy atom. The number of fused-ring (bicyclic) bond motifs is 1. The van der Waals surface area contributed by atoms with E-state index in [1.54, 1.807) is 6.07 Å². The molecule has 2 aromatic heterocycles. The Morgan fingerprint density at radius 3 is 2.70 bits per heavy atom. The van der Waals surface area contributed by atoms with Gasteiger partial charge in [-0.2, -0.15) is 5.10 Å². The molecular formula is C13H11BrFN5. The smallest absolute Gasteiger partial charge is 0.156 e. The highest BCUT2D eigenvalue weighted by molar-refractivity contribution is 9.10. The first-order valence-corrected chi connectivity index (χ1v) is 6.74. The average Bonchev–Trinajstić information content (AvgIpc) is 2.73. The number of rotatable bonds is 2. The summed E-state index contributed by atoms with van der Waals surface area (Å²) < 4.78 is 13.9. The van der Waals surface area contributed by atoms with Gasteiger partial charge in [0.1, 0.15) is 18.0 Å². The van der Waals surface area contributed by atoms with Crippen molar-refractivity contribution in [1.82, 2.24) is 20.2 Å². The molecule has 5 nitrogen and oxygen atoms in total. The summed E-state index contributed by atoms with van der Waals surface area (Å²) in [6, 6.07) is 3.02. The van der Waals surface area contributed by atoms with E-state index in [0.29, 0.717) is 21.6 Å². The summed E-state index contributed by atoms with van der Waals surface area (Å²) in [4.78, 5) is 8.28. The van der Waals surface area contributed by atoms with Crippen molar-refractivity contribution < 1.29 is 4.39 Å². The molecule has 102 valence electrons. The lowest BCUT2D eigenvalue weighted by atomic mass is 10.2. The van der Waals surface area contributed by atoms with Crippen LogP contribution in [-0.4, -0.2) is 20.2 Å². The summed E-state index contributed by atoms with van der Waals surface area (Å²) in [5.74, 6) is 0.933. The van der Waals surface area contributed by atoms with E-state index in [-0.39, 0.29) is 5.82 Å². The zero-order chi connectivity index (χ0) is 14.3. The second kappa shape index (κ2) is 4.82. The van der Waals surface area contributed by atoms with Gasteiger partial charge >= 0.3 is 0 Å². The molecule has 0 atom stereocenters. The number of nitrogens with one attached hydrogen (secondary N) is 2. The predicted molar refractivity (Wildman–Crippen MR) is 78.5 cm³/mol. The molecule has 3 rings (SSSR count).